The number of rotatable bonds is 12. The van der Waals surface area contributed by atoms with Crippen LogP contribution in [0.15, 0.2) is 34.9 Å². The van der Waals surface area contributed by atoms with Crippen LogP contribution in [0.3, 0.4) is 0 Å². The van der Waals surface area contributed by atoms with Crippen molar-refractivity contribution in [2.24, 2.45) is 0 Å². The Morgan fingerprint density at radius 3 is 1.61 bits per heavy atom. The summed E-state index contributed by atoms with van der Waals surface area (Å²) in [6, 6.07) is 8.83. The minimum atomic E-state index is -2.12. The summed E-state index contributed by atoms with van der Waals surface area (Å²) in [4.78, 5) is 0. The molecule has 0 N–H and O–H groups in total. The minimum absolute atomic E-state index is 1.21. The fraction of sp³-hybridized carbons (Fsp3) is 0.545. The Bertz CT molecular complexity index is 434. The maximum atomic E-state index is 3.84. The molecule has 0 fully saturated rings. The molecule has 1 aromatic rings. The van der Waals surface area contributed by atoms with Crippen molar-refractivity contribution >= 4 is 30.5 Å². The number of benzene rings is 1. The molecule has 1 heteroatoms. The van der Waals surface area contributed by atoms with E-state index in [9.17, 15) is 0 Å². The van der Waals surface area contributed by atoms with Gasteiger partial charge in [0, 0.05) is 0 Å². The van der Waals surface area contributed by atoms with E-state index in [1.54, 1.807) is 13.3 Å². The summed E-state index contributed by atoms with van der Waals surface area (Å²) in [5.74, 6) is 0. The van der Waals surface area contributed by atoms with Crippen LogP contribution in [0.1, 0.15) is 70.4 Å². The molecule has 0 saturated heterocycles. The molecule has 0 atom stereocenters. The Kier molecular flexibility index (Phi) is 10.7. The van der Waals surface area contributed by atoms with E-state index in [2.05, 4.69) is 61.8 Å². The molecule has 0 spiro atoms. The van der Waals surface area contributed by atoms with Crippen molar-refractivity contribution in [3.63, 3.8) is 0 Å². The van der Waals surface area contributed by atoms with Crippen LogP contribution in [0.4, 0.5) is 0 Å². The third kappa shape index (κ3) is 7.74. The van der Waals surface area contributed by atoms with E-state index in [-0.39, 0.29) is 0 Å². The predicted molar refractivity (Wildman–Crippen MR) is 110 cm³/mol. The van der Waals surface area contributed by atoms with Crippen LogP contribution in [-0.2, 0) is 0 Å². The second kappa shape index (κ2) is 11.9. The van der Waals surface area contributed by atoms with Crippen LogP contribution >= 0.6 is 0 Å². The number of unbranched alkanes of at least 4 members (excludes halogenated alkanes) is 3. The van der Waals surface area contributed by atoms with Gasteiger partial charge in [0.1, 0.15) is 0 Å². The molecule has 0 unspecified atom stereocenters. The average molecular weight is 419 g/mol. The second-order valence-corrected chi connectivity index (χ2v) is 19.9. The van der Waals surface area contributed by atoms with Gasteiger partial charge in [0.25, 0.3) is 0 Å². The maximum absolute atomic E-state index is 3.84. The third-order valence-corrected chi connectivity index (χ3v) is 18.9. The van der Waals surface area contributed by atoms with E-state index >= 15 is 0 Å². The zero-order valence-electron chi connectivity index (χ0n) is 15.6. The van der Waals surface area contributed by atoms with Crippen LogP contribution < -0.4 is 0 Å². The molecule has 0 aliphatic carbocycles. The molecule has 0 aliphatic heterocycles. The van der Waals surface area contributed by atoms with Gasteiger partial charge in [-0.15, -0.1) is 0 Å². The van der Waals surface area contributed by atoms with Crippen LogP contribution in [0.2, 0.25) is 13.3 Å². The monoisotopic (exact) mass is 420 g/mol. The van der Waals surface area contributed by atoms with Gasteiger partial charge in [-0.25, -0.2) is 0 Å². The average Bonchev–Trinajstić information content (AvgIpc) is 2.61. The van der Waals surface area contributed by atoms with Gasteiger partial charge in [0.2, 0.25) is 0 Å². The van der Waals surface area contributed by atoms with Crippen molar-refractivity contribution in [2.45, 2.75) is 72.6 Å². The summed E-state index contributed by atoms with van der Waals surface area (Å²) in [6.07, 6.45) is 12.7. The fourth-order valence-electron chi connectivity index (χ4n) is 3.23. The van der Waals surface area contributed by atoms with Crippen LogP contribution in [0.5, 0.6) is 0 Å². The Hall–Kier alpha value is -0.501. The molecule has 0 aliphatic rings. The van der Waals surface area contributed by atoms with Crippen LogP contribution in [-0.4, -0.2) is 18.4 Å². The summed E-state index contributed by atoms with van der Waals surface area (Å²) in [5.41, 5.74) is 2.57. The van der Waals surface area contributed by atoms with Crippen molar-refractivity contribution in [3.8, 4) is 0 Å². The summed E-state index contributed by atoms with van der Waals surface area (Å²) in [7, 11) is 0. The Balaban J connectivity index is 2.92. The summed E-state index contributed by atoms with van der Waals surface area (Å²) in [6.45, 7) is 10.9. The molecule has 0 amide bonds. The van der Waals surface area contributed by atoms with E-state index in [4.69, 9.17) is 0 Å². The summed E-state index contributed by atoms with van der Waals surface area (Å²) in [5, 5.41) is 0. The number of hydrogen-bond acceptors (Lipinski definition) is 0. The van der Waals surface area contributed by atoms with E-state index in [1.165, 1.54) is 49.7 Å². The first-order valence-corrected chi connectivity index (χ1v) is 17.3. The van der Waals surface area contributed by atoms with E-state index < -0.39 is 18.4 Å². The van der Waals surface area contributed by atoms with Crippen molar-refractivity contribution in [3.05, 3.63) is 46.1 Å². The van der Waals surface area contributed by atoms with Gasteiger partial charge in [-0.3, -0.25) is 0 Å². The van der Waals surface area contributed by atoms with Crippen LogP contribution in [0.25, 0.3) is 12.2 Å². The first kappa shape index (κ1) is 20.5. The summed E-state index contributed by atoms with van der Waals surface area (Å²) >= 11 is -2.12. The van der Waals surface area contributed by atoms with E-state index in [0.29, 0.717) is 0 Å². The fourth-order valence-corrected chi connectivity index (χ4v) is 17.4. The Morgan fingerprint density at radius 2 is 1.22 bits per heavy atom. The molecule has 0 radical (unpaired) electrons. The molecule has 1 rings (SSSR count). The molecule has 0 aromatic heterocycles. The quantitative estimate of drug-likeness (QED) is 0.304. The predicted octanol–water partition coefficient (Wildman–Crippen LogP) is 7.73. The molecule has 1 aromatic carbocycles. The zero-order valence-corrected chi connectivity index (χ0v) is 18.5. The Labute approximate surface area is 149 Å². The van der Waals surface area contributed by atoms with Gasteiger partial charge < -0.3 is 0 Å². The van der Waals surface area contributed by atoms with Crippen LogP contribution in [0, 0.1) is 0 Å². The zero-order chi connectivity index (χ0) is 17.0. The standard InChI is InChI=1S/C10H9.3C4H9.Sn/c1-3-9-5-7-10(4-2)8-6-9;3*1-3-4-2;/h1,3-8H,2H2;3*1,3-4H2,2H3;. The molecule has 0 saturated carbocycles. The van der Waals surface area contributed by atoms with E-state index in [1.807, 2.05) is 6.08 Å². The molecule has 0 heterocycles. The molecular weight excluding hydrogens is 383 g/mol. The molecule has 0 bridgehead atoms. The normalized spacial score (nSPS) is 12.0. The van der Waals surface area contributed by atoms with Gasteiger partial charge >= 0.3 is 149 Å². The first-order valence-electron chi connectivity index (χ1n) is 9.61. The Morgan fingerprint density at radius 1 is 0.783 bits per heavy atom. The van der Waals surface area contributed by atoms with Gasteiger partial charge in [0.15, 0.2) is 0 Å². The van der Waals surface area contributed by atoms with E-state index in [0.717, 1.165) is 0 Å². The third-order valence-electron chi connectivity index (χ3n) is 4.89. The van der Waals surface area contributed by atoms with Crippen molar-refractivity contribution in [1.29, 1.82) is 0 Å². The summed E-state index contributed by atoms with van der Waals surface area (Å²) < 4.78 is 7.39. The SMILES string of the molecule is C=Cc1ccc(/C=[CH]\[Sn]([CH2]CCC)([CH2]CCC)[CH2]CCC)cc1. The van der Waals surface area contributed by atoms with Gasteiger partial charge in [0.05, 0.1) is 0 Å². The van der Waals surface area contributed by atoms with Gasteiger partial charge in [-0.05, 0) is 0 Å². The molecular formula is C22H36Sn. The van der Waals surface area contributed by atoms with Crippen molar-refractivity contribution in [1.82, 2.24) is 0 Å². The topological polar surface area (TPSA) is 0 Å². The molecule has 23 heavy (non-hydrogen) atoms. The van der Waals surface area contributed by atoms with Gasteiger partial charge in [-0.2, -0.15) is 0 Å². The van der Waals surface area contributed by atoms with Crippen molar-refractivity contribution in [2.75, 3.05) is 0 Å². The molecule has 128 valence electrons. The second-order valence-electron chi connectivity index (χ2n) is 6.88. The number of hydrogen-bond donors (Lipinski definition) is 0. The van der Waals surface area contributed by atoms with Gasteiger partial charge in [-0.1, -0.05) is 0 Å². The molecule has 0 nitrogen and oxygen atoms in total. The van der Waals surface area contributed by atoms with Crippen molar-refractivity contribution < 1.29 is 0 Å². The first-order chi connectivity index (χ1) is 11.2.